The van der Waals surface area contributed by atoms with Crippen LogP contribution in [0.15, 0.2) is 18.2 Å². The van der Waals surface area contributed by atoms with Crippen LogP contribution in [-0.4, -0.2) is 31.0 Å². The zero-order valence-corrected chi connectivity index (χ0v) is 11.3. The van der Waals surface area contributed by atoms with Crippen LogP contribution in [0.3, 0.4) is 0 Å². The van der Waals surface area contributed by atoms with Crippen molar-refractivity contribution in [3.8, 4) is 5.75 Å². The molecule has 0 saturated carbocycles. The number of aryl methyl sites for hydroxylation is 1. The minimum absolute atomic E-state index is 0.00778. The number of carbonyl (C=O) groups is 1. The van der Waals surface area contributed by atoms with Gasteiger partial charge in [-0.05, 0) is 37.5 Å². The van der Waals surface area contributed by atoms with Crippen molar-refractivity contribution in [1.82, 2.24) is 4.90 Å². The maximum atomic E-state index is 11.9. The van der Waals surface area contributed by atoms with E-state index < -0.39 is 6.10 Å². The van der Waals surface area contributed by atoms with Gasteiger partial charge in [-0.2, -0.15) is 0 Å². The molecule has 1 atom stereocenters. The van der Waals surface area contributed by atoms with E-state index in [1.165, 1.54) is 5.56 Å². The molecule has 0 bridgehead atoms. The fourth-order valence-corrected chi connectivity index (χ4v) is 1.60. The lowest BCUT2D eigenvalue weighted by Crippen LogP contribution is -2.37. The second kappa shape index (κ2) is 5.71. The third-order valence-corrected chi connectivity index (χ3v) is 2.91. The van der Waals surface area contributed by atoms with Crippen LogP contribution in [0.25, 0.3) is 0 Å². The van der Waals surface area contributed by atoms with Gasteiger partial charge in [-0.1, -0.05) is 19.1 Å². The van der Waals surface area contributed by atoms with Gasteiger partial charge in [0.2, 0.25) is 0 Å². The van der Waals surface area contributed by atoms with Crippen molar-refractivity contribution in [1.29, 1.82) is 0 Å². The molecule has 0 saturated heterocycles. The maximum absolute atomic E-state index is 11.9. The Morgan fingerprint density at radius 3 is 2.53 bits per heavy atom. The molecular formula is C14H21NO2. The van der Waals surface area contributed by atoms with E-state index in [1.54, 1.807) is 19.0 Å². The van der Waals surface area contributed by atoms with E-state index in [1.807, 2.05) is 39.0 Å². The number of benzene rings is 1. The van der Waals surface area contributed by atoms with E-state index in [9.17, 15) is 4.79 Å². The number of rotatable bonds is 4. The molecule has 0 spiro atoms. The highest BCUT2D eigenvalue weighted by molar-refractivity contribution is 5.80. The number of hydrogen-bond donors (Lipinski definition) is 0. The van der Waals surface area contributed by atoms with Crippen molar-refractivity contribution >= 4 is 5.91 Å². The first-order valence-corrected chi connectivity index (χ1v) is 5.91. The fourth-order valence-electron chi connectivity index (χ4n) is 1.60. The zero-order chi connectivity index (χ0) is 13.0. The molecule has 0 aliphatic carbocycles. The summed E-state index contributed by atoms with van der Waals surface area (Å²) < 4.78 is 5.81. The Kier molecular flexibility index (Phi) is 4.55. The topological polar surface area (TPSA) is 29.5 Å². The van der Waals surface area contributed by atoms with E-state index in [-0.39, 0.29) is 5.91 Å². The Morgan fingerprint density at radius 2 is 2.00 bits per heavy atom. The Morgan fingerprint density at radius 1 is 1.35 bits per heavy atom. The van der Waals surface area contributed by atoms with Gasteiger partial charge in [0.05, 0.1) is 0 Å². The van der Waals surface area contributed by atoms with E-state index in [4.69, 9.17) is 4.74 Å². The Bertz CT molecular complexity index is 399. The van der Waals surface area contributed by atoms with E-state index >= 15 is 0 Å². The number of amides is 1. The zero-order valence-electron chi connectivity index (χ0n) is 11.3. The molecule has 94 valence electrons. The van der Waals surface area contributed by atoms with Gasteiger partial charge in [0.25, 0.3) is 5.91 Å². The molecule has 1 rings (SSSR count). The summed E-state index contributed by atoms with van der Waals surface area (Å²) in [7, 11) is 3.49. The van der Waals surface area contributed by atoms with Crippen molar-refractivity contribution < 1.29 is 9.53 Å². The SMILES string of the molecule is CC[C@H](Oc1cccc(C)c1C)C(=O)N(C)C. The third-order valence-electron chi connectivity index (χ3n) is 2.91. The Balaban J connectivity index is 2.88. The number of ether oxygens (including phenoxy) is 1. The molecule has 3 nitrogen and oxygen atoms in total. The first kappa shape index (κ1) is 13.6. The second-order valence-corrected chi connectivity index (χ2v) is 4.45. The molecule has 0 radical (unpaired) electrons. The molecule has 0 aliphatic rings. The maximum Gasteiger partial charge on any atom is 0.263 e. The predicted molar refractivity (Wildman–Crippen MR) is 69.3 cm³/mol. The fraction of sp³-hybridized carbons (Fsp3) is 0.500. The first-order valence-electron chi connectivity index (χ1n) is 5.91. The Hall–Kier alpha value is -1.51. The molecule has 0 N–H and O–H groups in total. The van der Waals surface area contributed by atoms with Crippen LogP contribution < -0.4 is 4.74 Å². The van der Waals surface area contributed by atoms with Crippen molar-refractivity contribution in [2.24, 2.45) is 0 Å². The van der Waals surface area contributed by atoms with Gasteiger partial charge < -0.3 is 9.64 Å². The predicted octanol–water partition coefficient (Wildman–Crippen LogP) is 2.55. The van der Waals surface area contributed by atoms with E-state index in [2.05, 4.69) is 0 Å². The standard InChI is InChI=1S/C14H21NO2/c1-6-12(14(16)15(4)5)17-13-9-7-8-10(2)11(13)3/h7-9,12H,6H2,1-5H3/t12-/m0/s1. The Labute approximate surface area is 103 Å². The highest BCUT2D eigenvalue weighted by Crippen LogP contribution is 2.22. The first-order chi connectivity index (χ1) is 7.97. The number of nitrogens with zero attached hydrogens (tertiary/aromatic N) is 1. The molecule has 0 fully saturated rings. The van der Waals surface area contributed by atoms with Crippen LogP contribution in [0, 0.1) is 13.8 Å². The highest BCUT2D eigenvalue weighted by atomic mass is 16.5. The number of hydrogen-bond acceptors (Lipinski definition) is 2. The molecule has 0 unspecified atom stereocenters. The molecule has 0 aromatic heterocycles. The largest absolute Gasteiger partial charge is 0.480 e. The van der Waals surface area contributed by atoms with Crippen molar-refractivity contribution in [2.45, 2.75) is 33.3 Å². The van der Waals surface area contributed by atoms with Crippen LogP contribution in [0.2, 0.25) is 0 Å². The summed E-state index contributed by atoms with van der Waals surface area (Å²) in [6, 6.07) is 5.90. The lowest BCUT2D eigenvalue weighted by Gasteiger charge is -2.22. The van der Waals surface area contributed by atoms with Crippen LogP contribution >= 0.6 is 0 Å². The highest BCUT2D eigenvalue weighted by Gasteiger charge is 2.20. The summed E-state index contributed by atoms with van der Waals surface area (Å²) in [6.07, 6.45) is 0.273. The summed E-state index contributed by atoms with van der Waals surface area (Å²) in [5.74, 6) is 0.806. The molecule has 1 aromatic rings. The molecule has 0 aliphatic heterocycles. The summed E-state index contributed by atoms with van der Waals surface area (Å²) in [4.78, 5) is 13.4. The smallest absolute Gasteiger partial charge is 0.263 e. The number of carbonyl (C=O) groups excluding carboxylic acids is 1. The summed E-state index contributed by atoms with van der Waals surface area (Å²) in [5, 5.41) is 0. The van der Waals surface area contributed by atoms with Crippen molar-refractivity contribution in [3.05, 3.63) is 29.3 Å². The molecule has 1 aromatic carbocycles. The monoisotopic (exact) mass is 235 g/mol. The van der Waals surface area contributed by atoms with Gasteiger partial charge in [0.1, 0.15) is 5.75 Å². The van der Waals surface area contributed by atoms with Crippen molar-refractivity contribution in [2.75, 3.05) is 14.1 Å². The van der Waals surface area contributed by atoms with Crippen molar-refractivity contribution in [3.63, 3.8) is 0 Å². The van der Waals surface area contributed by atoms with Gasteiger partial charge in [-0.15, -0.1) is 0 Å². The minimum atomic E-state index is -0.398. The minimum Gasteiger partial charge on any atom is -0.480 e. The summed E-state index contributed by atoms with van der Waals surface area (Å²) in [5.41, 5.74) is 2.27. The van der Waals surface area contributed by atoms with Crippen LogP contribution in [0.1, 0.15) is 24.5 Å². The summed E-state index contributed by atoms with van der Waals surface area (Å²) >= 11 is 0. The lowest BCUT2D eigenvalue weighted by molar-refractivity contribution is -0.136. The van der Waals surface area contributed by atoms with Gasteiger partial charge in [0, 0.05) is 14.1 Å². The van der Waals surface area contributed by atoms with Gasteiger partial charge >= 0.3 is 0 Å². The van der Waals surface area contributed by atoms with Crippen LogP contribution in [-0.2, 0) is 4.79 Å². The van der Waals surface area contributed by atoms with Gasteiger partial charge in [0.15, 0.2) is 6.10 Å². The average Bonchev–Trinajstić information content (AvgIpc) is 2.30. The molecular weight excluding hydrogens is 214 g/mol. The molecule has 17 heavy (non-hydrogen) atoms. The second-order valence-electron chi connectivity index (χ2n) is 4.45. The van der Waals surface area contributed by atoms with Gasteiger partial charge in [-0.3, -0.25) is 4.79 Å². The van der Waals surface area contributed by atoms with Crippen LogP contribution in [0.5, 0.6) is 5.75 Å². The van der Waals surface area contributed by atoms with Crippen LogP contribution in [0.4, 0.5) is 0 Å². The van der Waals surface area contributed by atoms with E-state index in [0.29, 0.717) is 6.42 Å². The molecule has 3 heteroatoms. The molecule has 1 amide bonds. The number of likely N-dealkylation sites (N-methyl/N-ethyl adjacent to an activating group) is 1. The third kappa shape index (κ3) is 3.22. The quantitative estimate of drug-likeness (QED) is 0.802. The van der Waals surface area contributed by atoms with Gasteiger partial charge in [-0.25, -0.2) is 0 Å². The normalized spacial score (nSPS) is 12.1. The molecule has 0 heterocycles. The summed E-state index contributed by atoms with van der Waals surface area (Å²) in [6.45, 7) is 6.01. The lowest BCUT2D eigenvalue weighted by atomic mass is 10.1. The average molecular weight is 235 g/mol. The van der Waals surface area contributed by atoms with E-state index in [0.717, 1.165) is 11.3 Å².